The number of thioether (sulfide) groups is 1. The van der Waals surface area contributed by atoms with E-state index < -0.39 is 5.25 Å². The molecule has 2 aromatic carbocycles. The molecule has 0 aliphatic heterocycles. The SMILES string of the molecule is C[C@H](Sc1nnnn1-c1ccc(Cl)cc1)C(=O)Nc1cccc(Cl)c1. The maximum absolute atomic E-state index is 12.4. The summed E-state index contributed by atoms with van der Waals surface area (Å²) in [6, 6.07) is 14.1. The summed E-state index contributed by atoms with van der Waals surface area (Å²) in [5, 5.41) is 15.8. The number of nitrogens with one attached hydrogen (secondary N) is 1. The maximum Gasteiger partial charge on any atom is 0.237 e. The number of hydrogen-bond acceptors (Lipinski definition) is 5. The Labute approximate surface area is 158 Å². The molecule has 1 N–H and O–H groups in total. The van der Waals surface area contributed by atoms with E-state index in [1.54, 1.807) is 60.1 Å². The predicted molar refractivity (Wildman–Crippen MR) is 99.6 cm³/mol. The zero-order valence-electron chi connectivity index (χ0n) is 13.1. The van der Waals surface area contributed by atoms with E-state index in [0.717, 1.165) is 5.69 Å². The lowest BCUT2D eigenvalue weighted by atomic mass is 10.3. The first-order valence-electron chi connectivity index (χ1n) is 7.30. The molecule has 0 aliphatic rings. The smallest absolute Gasteiger partial charge is 0.237 e. The molecule has 3 rings (SSSR count). The van der Waals surface area contributed by atoms with Crippen LogP contribution >= 0.6 is 35.0 Å². The minimum Gasteiger partial charge on any atom is -0.325 e. The molecule has 0 saturated heterocycles. The molecule has 128 valence electrons. The number of carbonyl (C=O) groups excluding carboxylic acids is 1. The van der Waals surface area contributed by atoms with Crippen molar-refractivity contribution in [2.45, 2.75) is 17.3 Å². The van der Waals surface area contributed by atoms with E-state index in [-0.39, 0.29) is 5.91 Å². The van der Waals surface area contributed by atoms with Crippen LogP contribution in [0.5, 0.6) is 0 Å². The van der Waals surface area contributed by atoms with Gasteiger partial charge in [0.2, 0.25) is 11.1 Å². The van der Waals surface area contributed by atoms with Gasteiger partial charge in [-0.05, 0) is 59.8 Å². The van der Waals surface area contributed by atoms with E-state index in [0.29, 0.717) is 20.9 Å². The van der Waals surface area contributed by atoms with Crippen molar-refractivity contribution in [1.29, 1.82) is 0 Å². The molecule has 0 fully saturated rings. The zero-order valence-corrected chi connectivity index (χ0v) is 15.4. The highest BCUT2D eigenvalue weighted by Crippen LogP contribution is 2.25. The van der Waals surface area contributed by atoms with E-state index in [1.165, 1.54) is 11.8 Å². The maximum atomic E-state index is 12.4. The third-order valence-electron chi connectivity index (χ3n) is 3.26. The number of carbonyl (C=O) groups is 1. The van der Waals surface area contributed by atoms with Crippen LogP contribution in [0, 0.1) is 0 Å². The third-order valence-corrected chi connectivity index (χ3v) is 4.78. The molecule has 1 heterocycles. The number of halogens is 2. The Hall–Kier alpha value is -2.09. The van der Waals surface area contributed by atoms with Crippen molar-refractivity contribution < 1.29 is 4.79 Å². The largest absolute Gasteiger partial charge is 0.325 e. The topological polar surface area (TPSA) is 72.7 Å². The van der Waals surface area contributed by atoms with E-state index in [4.69, 9.17) is 23.2 Å². The number of tetrazole rings is 1. The van der Waals surface area contributed by atoms with Crippen molar-refractivity contribution in [2.24, 2.45) is 0 Å². The lowest BCUT2D eigenvalue weighted by Gasteiger charge is -2.12. The van der Waals surface area contributed by atoms with Crippen LogP contribution in [0.15, 0.2) is 53.7 Å². The Balaban J connectivity index is 1.71. The highest BCUT2D eigenvalue weighted by molar-refractivity contribution is 8.00. The van der Waals surface area contributed by atoms with Crippen molar-refractivity contribution >= 4 is 46.6 Å². The van der Waals surface area contributed by atoms with Crippen LogP contribution in [0.2, 0.25) is 10.0 Å². The van der Waals surface area contributed by atoms with Gasteiger partial charge in [0.1, 0.15) is 0 Å². The van der Waals surface area contributed by atoms with Crippen molar-refractivity contribution in [3.8, 4) is 5.69 Å². The Kier molecular flexibility index (Phi) is 5.57. The lowest BCUT2D eigenvalue weighted by molar-refractivity contribution is -0.115. The summed E-state index contributed by atoms with van der Waals surface area (Å²) in [5.74, 6) is -0.169. The summed E-state index contributed by atoms with van der Waals surface area (Å²) in [5.41, 5.74) is 1.40. The van der Waals surface area contributed by atoms with Crippen molar-refractivity contribution in [3.63, 3.8) is 0 Å². The first-order valence-corrected chi connectivity index (χ1v) is 8.94. The van der Waals surface area contributed by atoms with E-state index in [1.807, 2.05) is 0 Å². The molecule has 0 radical (unpaired) electrons. The fourth-order valence-electron chi connectivity index (χ4n) is 2.02. The van der Waals surface area contributed by atoms with Gasteiger partial charge >= 0.3 is 0 Å². The van der Waals surface area contributed by atoms with Gasteiger partial charge in [-0.2, -0.15) is 4.68 Å². The summed E-state index contributed by atoms with van der Waals surface area (Å²) in [6.45, 7) is 1.78. The van der Waals surface area contributed by atoms with Crippen LogP contribution in [0.3, 0.4) is 0 Å². The average Bonchev–Trinajstić information content (AvgIpc) is 3.03. The van der Waals surface area contributed by atoms with Crippen molar-refractivity contribution in [2.75, 3.05) is 5.32 Å². The zero-order chi connectivity index (χ0) is 17.8. The Morgan fingerprint density at radius 3 is 2.64 bits per heavy atom. The summed E-state index contributed by atoms with van der Waals surface area (Å²) in [4.78, 5) is 12.4. The second-order valence-corrected chi connectivity index (χ2v) is 7.29. The summed E-state index contributed by atoms with van der Waals surface area (Å²) < 4.78 is 1.56. The molecule has 9 heteroatoms. The molecule has 1 aromatic heterocycles. The van der Waals surface area contributed by atoms with Gasteiger partial charge in [0, 0.05) is 15.7 Å². The standard InChI is InChI=1S/C16H13Cl2N5OS/c1-10(15(24)19-13-4-2-3-12(18)9-13)25-16-20-21-22-23(16)14-7-5-11(17)6-8-14/h2-10H,1H3,(H,19,24)/t10-/m0/s1. The number of anilines is 1. The second-order valence-electron chi connectivity index (χ2n) is 5.11. The molecule has 3 aromatic rings. The quantitative estimate of drug-likeness (QED) is 0.660. The van der Waals surface area contributed by atoms with Crippen LogP contribution in [-0.4, -0.2) is 31.4 Å². The molecular formula is C16H13Cl2N5OS. The van der Waals surface area contributed by atoms with Gasteiger partial charge < -0.3 is 5.32 Å². The second kappa shape index (κ2) is 7.86. The molecule has 1 amide bonds. The molecule has 0 spiro atoms. The average molecular weight is 394 g/mol. The van der Waals surface area contributed by atoms with Gasteiger partial charge in [-0.15, -0.1) is 5.10 Å². The van der Waals surface area contributed by atoms with Gasteiger partial charge in [0.05, 0.1) is 10.9 Å². The summed E-state index contributed by atoms with van der Waals surface area (Å²) in [7, 11) is 0. The number of amides is 1. The van der Waals surface area contributed by atoms with Crippen LogP contribution in [-0.2, 0) is 4.79 Å². The molecule has 0 saturated carbocycles. The monoisotopic (exact) mass is 393 g/mol. The van der Waals surface area contributed by atoms with Gasteiger partial charge in [-0.25, -0.2) is 0 Å². The number of rotatable bonds is 5. The van der Waals surface area contributed by atoms with Gasteiger partial charge in [0.15, 0.2) is 0 Å². The fourth-order valence-corrected chi connectivity index (χ4v) is 3.14. The third kappa shape index (κ3) is 4.50. The Morgan fingerprint density at radius 2 is 1.92 bits per heavy atom. The van der Waals surface area contributed by atoms with Gasteiger partial charge in [-0.1, -0.05) is 41.0 Å². The lowest BCUT2D eigenvalue weighted by Crippen LogP contribution is -2.22. The summed E-state index contributed by atoms with van der Waals surface area (Å²) in [6.07, 6.45) is 0. The van der Waals surface area contributed by atoms with Crippen LogP contribution in [0.4, 0.5) is 5.69 Å². The molecular weight excluding hydrogens is 381 g/mol. The molecule has 6 nitrogen and oxygen atoms in total. The molecule has 0 bridgehead atoms. The van der Waals surface area contributed by atoms with Crippen LogP contribution in [0.25, 0.3) is 5.69 Å². The normalized spacial score (nSPS) is 12.0. The Morgan fingerprint density at radius 1 is 1.16 bits per heavy atom. The molecule has 0 aliphatic carbocycles. The van der Waals surface area contributed by atoms with Gasteiger partial charge in [0.25, 0.3) is 0 Å². The minimum absolute atomic E-state index is 0.169. The van der Waals surface area contributed by atoms with E-state index >= 15 is 0 Å². The van der Waals surface area contributed by atoms with Gasteiger partial charge in [-0.3, -0.25) is 4.79 Å². The predicted octanol–water partition coefficient (Wildman–Crippen LogP) is 4.09. The van der Waals surface area contributed by atoms with Crippen molar-refractivity contribution in [1.82, 2.24) is 20.2 Å². The van der Waals surface area contributed by atoms with E-state index in [2.05, 4.69) is 20.8 Å². The minimum atomic E-state index is -0.406. The molecule has 0 unspecified atom stereocenters. The van der Waals surface area contributed by atoms with Crippen molar-refractivity contribution in [3.05, 3.63) is 58.6 Å². The number of benzene rings is 2. The first kappa shape index (κ1) is 17.7. The highest BCUT2D eigenvalue weighted by atomic mass is 35.5. The number of aromatic nitrogens is 4. The highest BCUT2D eigenvalue weighted by Gasteiger charge is 2.19. The molecule has 25 heavy (non-hydrogen) atoms. The first-order chi connectivity index (χ1) is 12.0. The van der Waals surface area contributed by atoms with Crippen LogP contribution < -0.4 is 5.32 Å². The fraction of sp³-hybridized carbons (Fsp3) is 0.125. The van der Waals surface area contributed by atoms with E-state index in [9.17, 15) is 4.79 Å². The van der Waals surface area contributed by atoms with Crippen LogP contribution in [0.1, 0.15) is 6.92 Å². The number of hydrogen-bond donors (Lipinski definition) is 1. The molecule has 1 atom stereocenters. The number of nitrogens with zero attached hydrogens (tertiary/aromatic N) is 4. The Bertz CT molecular complexity index is 884. The summed E-state index contributed by atoms with van der Waals surface area (Å²) >= 11 is 13.1.